The Bertz CT molecular complexity index is 1020. The number of fused-ring (bicyclic) bond motifs is 1. The van der Waals surface area contributed by atoms with Crippen molar-refractivity contribution < 1.29 is 13.2 Å². The van der Waals surface area contributed by atoms with Gasteiger partial charge in [0.15, 0.2) is 5.13 Å². The summed E-state index contributed by atoms with van der Waals surface area (Å²) >= 11 is 1.54. The molecule has 1 saturated heterocycles. The van der Waals surface area contributed by atoms with Crippen LogP contribution in [0.5, 0.6) is 0 Å². The Labute approximate surface area is 182 Å². The number of amides is 1. The van der Waals surface area contributed by atoms with Crippen molar-refractivity contribution in [2.75, 3.05) is 18.4 Å². The molecule has 0 unspecified atom stereocenters. The number of carbonyl (C=O) groups excluding carboxylic acids is 1. The summed E-state index contributed by atoms with van der Waals surface area (Å²) in [6.45, 7) is 7.50. The SMILES string of the molecule is C[C@@H]1CCc2nc(NC(=O)c3ccc(S(=O)(=O)N4C[C@H](C)C[C@@H](C)C4)cc3)sc2C1. The lowest BCUT2D eigenvalue weighted by molar-refractivity contribution is 0.102. The number of aromatic nitrogens is 1. The minimum Gasteiger partial charge on any atom is -0.298 e. The molecule has 30 heavy (non-hydrogen) atoms. The molecule has 2 aliphatic rings. The van der Waals surface area contributed by atoms with E-state index < -0.39 is 10.0 Å². The van der Waals surface area contributed by atoms with Crippen LogP contribution in [0.3, 0.4) is 0 Å². The van der Waals surface area contributed by atoms with E-state index in [2.05, 4.69) is 31.1 Å². The molecule has 0 saturated carbocycles. The maximum absolute atomic E-state index is 13.0. The number of thiazole rings is 1. The molecular weight excluding hydrogens is 418 g/mol. The Morgan fingerprint density at radius 2 is 1.77 bits per heavy atom. The molecule has 1 N–H and O–H groups in total. The number of aryl methyl sites for hydroxylation is 1. The molecule has 1 amide bonds. The molecule has 0 radical (unpaired) electrons. The Balaban J connectivity index is 1.46. The van der Waals surface area contributed by atoms with Gasteiger partial charge >= 0.3 is 0 Å². The maximum Gasteiger partial charge on any atom is 0.257 e. The van der Waals surface area contributed by atoms with Gasteiger partial charge in [-0.2, -0.15) is 4.31 Å². The predicted molar refractivity (Wildman–Crippen MR) is 119 cm³/mol. The van der Waals surface area contributed by atoms with Gasteiger partial charge in [-0.05, 0) is 67.7 Å². The number of sulfonamides is 1. The van der Waals surface area contributed by atoms with Crippen LogP contribution < -0.4 is 5.32 Å². The zero-order valence-corrected chi connectivity index (χ0v) is 19.4. The van der Waals surface area contributed by atoms with Crippen LogP contribution in [0.1, 0.15) is 54.5 Å². The van der Waals surface area contributed by atoms with Crippen LogP contribution in [-0.4, -0.2) is 36.7 Å². The third-order valence-electron chi connectivity index (χ3n) is 6.00. The van der Waals surface area contributed by atoms with Crippen molar-refractivity contribution in [3.63, 3.8) is 0 Å². The molecule has 3 atom stereocenters. The van der Waals surface area contributed by atoms with Crippen LogP contribution in [0.2, 0.25) is 0 Å². The van der Waals surface area contributed by atoms with E-state index in [1.165, 1.54) is 17.0 Å². The van der Waals surface area contributed by atoms with Gasteiger partial charge in [0.05, 0.1) is 10.6 Å². The molecule has 0 bridgehead atoms. The number of nitrogens with zero attached hydrogens (tertiary/aromatic N) is 2. The Morgan fingerprint density at radius 1 is 1.10 bits per heavy atom. The summed E-state index contributed by atoms with van der Waals surface area (Å²) in [6.07, 6.45) is 4.16. The van der Waals surface area contributed by atoms with E-state index in [9.17, 15) is 13.2 Å². The highest BCUT2D eigenvalue weighted by Gasteiger charge is 2.31. The fraction of sp³-hybridized carbons (Fsp3) is 0.545. The molecule has 2 aromatic rings. The second-order valence-corrected chi connectivity index (χ2v) is 12.0. The smallest absolute Gasteiger partial charge is 0.257 e. The Kier molecular flexibility index (Phi) is 6.01. The van der Waals surface area contributed by atoms with Crippen molar-refractivity contribution in [3.8, 4) is 0 Å². The third kappa shape index (κ3) is 4.45. The summed E-state index contributed by atoms with van der Waals surface area (Å²) < 4.78 is 27.6. The van der Waals surface area contributed by atoms with E-state index in [0.29, 0.717) is 41.5 Å². The standard InChI is InChI=1S/C22H29N3O3S2/c1-14-4-9-19-20(11-14)29-22(23-19)24-21(26)17-5-7-18(8-6-17)30(27,28)25-12-15(2)10-16(3)13-25/h5-8,14-16H,4,9-13H2,1-3H3,(H,23,24,26)/t14-,15-,16-/m1/s1. The van der Waals surface area contributed by atoms with Gasteiger partial charge < -0.3 is 0 Å². The van der Waals surface area contributed by atoms with Crippen LogP contribution >= 0.6 is 11.3 Å². The Hall–Kier alpha value is -1.77. The van der Waals surface area contributed by atoms with Crippen LogP contribution in [-0.2, 0) is 22.9 Å². The summed E-state index contributed by atoms with van der Waals surface area (Å²) in [6, 6.07) is 6.22. The number of rotatable bonds is 4. The van der Waals surface area contributed by atoms with Gasteiger partial charge in [0.1, 0.15) is 0 Å². The summed E-state index contributed by atoms with van der Waals surface area (Å²) in [5, 5.41) is 3.49. The number of hydrogen-bond donors (Lipinski definition) is 1. The van der Waals surface area contributed by atoms with Gasteiger partial charge in [-0.25, -0.2) is 13.4 Å². The molecule has 8 heteroatoms. The van der Waals surface area contributed by atoms with Crippen molar-refractivity contribution >= 4 is 32.4 Å². The normalized spacial score (nSPS) is 25.0. The summed E-state index contributed by atoms with van der Waals surface area (Å²) in [7, 11) is -3.55. The topological polar surface area (TPSA) is 79.4 Å². The first-order valence-electron chi connectivity index (χ1n) is 10.6. The number of benzene rings is 1. The second-order valence-electron chi connectivity index (χ2n) is 8.98. The summed E-state index contributed by atoms with van der Waals surface area (Å²) in [5.41, 5.74) is 1.52. The molecule has 0 spiro atoms. The first-order valence-corrected chi connectivity index (χ1v) is 12.9. The highest BCUT2D eigenvalue weighted by atomic mass is 32.2. The van der Waals surface area contributed by atoms with Crippen molar-refractivity contribution in [3.05, 3.63) is 40.4 Å². The fourth-order valence-electron chi connectivity index (χ4n) is 4.49. The minimum atomic E-state index is -3.55. The van der Waals surface area contributed by atoms with Crippen LogP contribution in [0.4, 0.5) is 5.13 Å². The van der Waals surface area contributed by atoms with Gasteiger partial charge in [-0.3, -0.25) is 10.1 Å². The molecule has 1 aromatic carbocycles. The third-order valence-corrected chi connectivity index (χ3v) is 8.88. The van der Waals surface area contributed by atoms with Crippen molar-refractivity contribution in [1.82, 2.24) is 9.29 Å². The first-order chi connectivity index (χ1) is 14.2. The molecule has 162 valence electrons. The lowest BCUT2D eigenvalue weighted by atomic mass is 9.93. The van der Waals surface area contributed by atoms with E-state index in [4.69, 9.17) is 0 Å². The monoisotopic (exact) mass is 447 g/mol. The second kappa shape index (κ2) is 8.40. The van der Waals surface area contributed by atoms with E-state index in [1.807, 2.05) is 0 Å². The van der Waals surface area contributed by atoms with Gasteiger partial charge in [0.2, 0.25) is 10.0 Å². The number of carbonyl (C=O) groups is 1. The van der Waals surface area contributed by atoms with Crippen molar-refractivity contribution in [2.24, 2.45) is 17.8 Å². The van der Waals surface area contributed by atoms with Gasteiger partial charge in [-0.15, -0.1) is 11.3 Å². The van der Waals surface area contributed by atoms with Crippen LogP contribution in [0, 0.1) is 17.8 Å². The lowest BCUT2D eigenvalue weighted by Gasteiger charge is -2.34. The minimum absolute atomic E-state index is 0.235. The van der Waals surface area contributed by atoms with Gasteiger partial charge in [-0.1, -0.05) is 20.8 Å². The lowest BCUT2D eigenvalue weighted by Crippen LogP contribution is -2.42. The number of piperidine rings is 1. The molecule has 1 fully saturated rings. The highest BCUT2D eigenvalue weighted by Crippen LogP contribution is 2.32. The Morgan fingerprint density at radius 3 is 2.43 bits per heavy atom. The quantitative estimate of drug-likeness (QED) is 0.762. The van der Waals surface area contributed by atoms with Crippen LogP contribution in [0.25, 0.3) is 0 Å². The molecule has 6 nitrogen and oxygen atoms in total. The largest absolute Gasteiger partial charge is 0.298 e. The molecule has 2 heterocycles. The summed E-state index contributed by atoms with van der Waals surface area (Å²) in [4.78, 5) is 18.7. The van der Waals surface area contributed by atoms with E-state index in [1.54, 1.807) is 27.8 Å². The fourth-order valence-corrected chi connectivity index (χ4v) is 7.34. The molecule has 1 aliphatic heterocycles. The molecule has 1 aliphatic carbocycles. The van der Waals surface area contributed by atoms with E-state index >= 15 is 0 Å². The van der Waals surface area contributed by atoms with Gasteiger partial charge in [0, 0.05) is 23.5 Å². The van der Waals surface area contributed by atoms with Crippen molar-refractivity contribution in [2.45, 2.75) is 51.3 Å². The molecular formula is C22H29N3O3S2. The zero-order valence-electron chi connectivity index (χ0n) is 17.7. The van der Waals surface area contributed by atoms with E-state index in [0.717, 1.165) is 31.4 Å². The molecule has 1 aromatic heterocycles. The molecule has 4 rings (SSSR count). The van der Waals surface area contributed by atoms with E-state index in [-0.39, 0.29) is 10.8 Å². The average molecular weight is 448 g/mol. The zero-order chi connectivity index (χ0) is 21.5. The van der Waals surface area contributed by atoms with Gasteiger partial charge in [0.25, 0.3) is 5.91 Å². The predicted octanol–water partition coefficient (Wildman–Crippen LogP) is 4.19. The summed E-state index contributed by atoms with van der Waals surface area (Å²) in [5.74, 6) is 1.08. The highest BCUT2D eigenvalue weighted by molar-refractivity contribution is 7.89. The first kappa shape index (κ1) is 21.5. The maximum atomic E-state index is 13.0. The van der Waals surface area contributed by atoms with Crippen LogP contribution in [0.15, 0.2) is 29.2 Å². The van der Waals surface area contributed by atoms with Crippen molar-refractivity contribution in [1.29, 1.82) is 0 Å². The average Bonchev–Trinajstić information content (AvgIpc) is 3.08. The number of anilines is 1. The number of hydrogen-bond acceptors (Lipinski definition) is 5. The number of nitrogens with one attached hydrogen (secondary N) is 1.